The van der Waals surface area contributed by atoms with Crippen molar-refractivity contribution in [1.29, 1.82) is 0 Å². The monoisotopic (exact) mass is 640 g/mol. The maximum Gasteiger partial charge on any atom is 0.238 e. The molecule has 3 heterocycles. The van der Waals surface area contributed by atoms with Crippen molar-refractivity contribution < 1.29 is 4.42 Å². The second-order valence-electron chi connectivity index (χ2n) is 12.4. The Morgan fingerprint density at radius 1 is 0.380 bits per heavy atom. The molecule has 0 bridgehead atoms. The lowest BCUT2D eigenvalue weighted by Crippen LogP contribution is -2.06. The minimum atomic E-state index is 0.576. The highest BCUT2D eigenvalue weighted by Crippen LogP contribution is 2.43. The molecule has 0 spiro atoms. The Bertz CT molecular complexity index is 2800. The molecule has 0 saturated carbocycles. The third kappa shape index (κ3) is 4.52. The minimum Gasteiger partial charge on any atom is -0.456 e. The molecule has 3 aromatic heterocycles. The normalized spacial score (nSPS) is 11.6. The molecule has 10 aromatic rings. The summed E-state index contributed by atoms with van der Waals surface area (Å²) in [6.45, 7) is 0. The zero-order valence-electron chi connectivity index (χ0n) is 26.9. The van der Waals surface area contributed by atoms with Crippen molar-refractivity contribution >= 4 is 43.7 Å². The number of nitrogens with zero attached hydrogens (tertiary/aromatic N) is 4. The molecule has 0 amide bonds. The average Bonchev–Trinajstić information content (AvgIpc) is 3.74. The summed E-state index contributed by atoms with van der Waals surface area (Å²) in [4.78, 5) is 15.1. The molecule has 10 rings (SSSR count). The van der Waals surface area contributed by atoms with Crippen molar-refractivity contribution in [2.75, 3.05) is 0 Å². The molecule has 0 aliphatic heterocycles. The standard InChI is InChI=1S/C45H28N4O/c1-4-14-29(15-5-1)33-21-12-24-39-41(33)42-34(22-13-25-40(42)50-39)32-26-27-38-36(28-32)35-20-10-11-23-37(35)49(38)45-47-43(30-16-6-2-7-17-30)46-44(48-45)31-18-8-3-9-19-31/h1-28H. The van der Waals surface area contributed by atoms with Gasteiger partial charge in [0.25, 0.3) is 0 Å². The van der Waals surface area contributed by atoms with Crippen LogP contribution in [0.2, 0.25) is 0 Å². The molecule has 0 N–H and O–H groups in total. The summed E-state index contributed by atoms with van der Waals surface area (Å²) in [7, 11) is 0. The molecule has 234 valence electrons. The van der Waals surface area contributed by atoms with Gasteiger partial charge in [0.1, 0.15) is 11.2 Å². The zero-order chi connectivity index (χ0) is 33.0. The van der Waals surface area contributed by atoms with Crippen LogP contribution in [0.15, 0.2) is 174 Å². The molecule has 7 aromatic carbocycles. The highest BCUT2D eigenvalue weighted by atomic mass is 16.3. The average molecular weight is 641 g/mol. The van der Waals surface area contributed by atoms with E-state index in [4.69, 9.17) is 19.4 Å². The number of rotatable bonds is 5. The molecule has 0 fully saturated rings. The maximum absolute atomic E-state index is 6.47. The van der Waals surface area contributed by atoms with Gasteiger partial charge >= 0.3 is 0 Å². The van der Waals surface area contributed by atoms with E-state index in [1.165, 1.54) is 0 Å². The predicted molar refractivity (Wildman–Crippen MR) is 203 cm³/mol. The Balaban J connectivity index is 1.22. The van der Waals surface area contributed by atoms with Crippen molar-refractivity contribution in [3.63, 3.8) is 0 Å². The lowest BCUT2D eigenvalue weighted by molar-refractivity contribution is 0.669. The van der Waals surface area contributed by atoms with Gasteiger partial charge in [-0.3, -0.25) is 4.57 Å². The quantitative estimate of drug-likeness (QED) is 0.188. The minimum absolute atomic E-state index is 0.576. The van der Waals surface area contributed by atoms with Crippen LogP contribution in [0.3, 0.4) is 0 Å². The van der Waals surface area contributed by atoms with E-state index in [0.717, 1.165) is 77.1 Å². The third-order valence-corrected chi connectivity index (χ3v) is 9.48. The first-order valence-corrected chi connectivity index (χ1v) is 16.7. The van der Waals surface area contributed by atoms with Gasteiger partial charge in [-0.1, -0.05) is 140 Å². The Morgan fingerprint density at radius 2 is 0.900 bits per heavy atom. The van der Waals surface area contributed by atoms with E-state index in [-0.39, 0.29) is 0 Å². The Hall–Kier alpha value is -6.85. The summed E-state index contributed by atoms with van der Waals surface area (Å²) < 4.78 is 8.63. The molecule has 0 aliphatic carbocycles. The van der Waals surface area contributed by atoms with Gasteiger partial charge < -0.3 is 4.42 Å². The largest absolute Gasteiger partial charge is 0.456 e. The van der Waals surface area contributed by atoms with Crippen molar-refractivity contribution in [2.45, 2.75) is 0 Å². The van der Waals surface area contributed by atoms with Crippen LogP contribution in [0.4, 0.5) is 0 Å². The highest BCUT2D eigenvalue weighted by Gasteiger charge is 2.20. The number of para-hydroxylation sites is 1. The van der Waals surface area contributed by atoms with Gasteiger partial charge in [0.15, 0.2) is 11.6 Å². The van der Waals surface area contributed by atoms with Crippen LogP contribution in [-0.4, -0.2) is 19.5 Å². The van der Waals surface area contributed by atoms with Crippen molar-refractivity contribution in [2.24, 2.45) is 0 Å². The molecule has 0 radical (unpaired) electrons. The van der Waals surface area contributed by atoms with Crippen LogP contribution in [0, 0.1) is 0 Å². The number of hydrogen-bond acceptors (Lipinski definition) is 4. The lowest BCUT2D eigenvalue weighted by Gasteiger charge is -2.11. The second kappa shape index (κ2) is 11.4. The van der Waals surface area contributed by atoms with Gasteiger partial charge in [-0.2, -0.15) is 9.97 Å². The fourth-order valence-electron chi connectivity index (χ4n) is 7.22. The first-order chi connectivity index (χ1) is 24.8. The van der Waals surface area contributed by atoms with Gasteiger partial charge in [0.05, 0.1) is 11.0 Å². The number of hydrogen-bond donors (Lipinski definition) is 0. The summed E-state index contributed by atoms with van der Waals surface area (Å²) in [6, 6.07) is 58.5. The first kappa shape index (κ1) is 28.2. The molecule has 50 heavy (non-hydrogen) atoms. The fraction of sp³-hybridized carbons (Fsp3) is 0. The highest BCUT2D eigenvalue weighted by molar-refractivity contribution is 6.19. The van der Waals surface area contributed by atoms with E-state index in [9.17, 15) is 0 Å². The van der Waals surface area contributed by atoms with Crippen LogP contribution in [0.1, 0.15) is 0 Å². The molecular weight excluding hydrogens is 613 g/mol. The van der Waals surface area contributed by atoms with Crippen LogP contribution < -0.4 is 0 Å². The summed E-state index contributed by atoms with van der Waals surface area (Å²) in [5.41, 5.74) is 10.2. The summed E-state index contributed by atoms with van der Waals surface area (Å²) in [6.07, 6.45) is 0. The van der Waals surface area contributed by atoms with E-state index in [0.29, 0.717) is 17.6 Å². The molecule has 5 nitrogen and oxygen atoms in total. The summed E-state index contributed by atoms with van der Waals surface area (Å²) >= 11 is 0. The van der Waals surface area contributed by atoms with E-state index in [1.807, 2.05) is 60.7 Å². The first-order valence-electron chi connectivity index (χ1n) is 16.7. The van der Waals surface area contributed by atoms with Gasteiger partial charge in [-0.25, -0.2) is 4.98 Å². The molecule has 0 atom stereocenters. The number of fused-ring (bicyclic) bond motifs is 6. The Morgan fingerprint density at radius 3 is 1.52 bits per heavy atom. The van der Waals surface area contributed by atoms with Crippen molar-refractivity contribution in [3.8, 4) is 51.0 Å². The van der Waals surface area contributed by atoms with Crippen LogP contribution in [0.5, 0.6) is 0 Å². The van der Waals surface area contributed by atoms with Gasteiger partial charge in [0, 0.05) is 32.7 Å². The second-order valence-corrected chi connectivity index (χ2v) is 12.4. The van der Waals surface area contributed by atoms with Crippen LogP contribution >= 0.6 is 0 Å². The van der Waals surface area contributed by atoms with Gasteiger partial charge in [-0.05, 0) is 52.6 Å². The SMILES string of the molecule is c1ccc(-c2nc(-c3ccccc3)nc(-n3c4ccccc4c4cc(-c5cccc6oc7cccc(-c8ccccc8)c7c56)ccc43)n2)cc1. The van der Waals surface area contributed by atoms with Gasteiger partial charge in [0.2, 0.25) is 5.95 Å². The predicted octanol–water partition coefficient (Wildman–Crippen LogP) is 11.5. The number of furan rings is 1. The van der Waals surface area contributed by atoms with Crippen molar-refractivity contribution in [1.82, 2.24) is 19.5 Å². The van der Waals surface area contributed by atoms with E-state index in [2.05, 4.69) is 114 Å². The fourth-order valence-corrected chi connectivity index (χ4v) is 7.22. The summed E-state index contributed by atoms with van der Waals surface area (Å²) in [5, 5.41) is 4.48. The van der Waals surface area contributed by atoms with E-state index < -0.39 is 0 Å². The third-order valence-electron chi connectivity index (χ3n) is 9.48. The van der Waals surface area contributed by atoms with E-state index in [1.54, 1.807) is 0 Å². The Kier molecular flexibility index (Phi) is 6.42. The smallest absolute Gasteiger partial charge is 0.238 e. The topological polar surface area (TPSA) is 56.7 Å². The van der Waals surface area contributed by atoms with Crippen LogP contribution in [0.25, 0.3) is 94.7 Å². The van der Waals surface area contributed by atoms with E-state index >= 15 is 0 Å². The van der Waals surface area contributed by atoms with Crippen LogP contribution in [-0.2, 0) is 0 Å². The number of benzene rings is 7. The molecule has 0 saturated heterocycles. The summed E-state index contributed by atoms with van der Waals surface area (Å²) in [5.74, 6) is 1.83. The van der Waals surface area contributed by atoms with Crippen molar-refractivity contribution in [3.05, 3.63) is 170 Å². The molecule has 0 unspecified atom stereocenters. The lowest BCUT2D eigenvalue weighted by atomic mass is 9.94. The van der Waals surface area contributed by atoms with Gasteiger partial charge in [-0.15, -0.1) is 0 Å². The Labute approximate surface area is 287 Å². The number of aromatic nitrogens is 4. The maximum atomic E-state index is 6.47. The molecule has 5 heteroatoms. The molecular formula is C45H28N4O. The molecule has 0 aliphatic rings. The zero-order valence-corrected chi connectivity index (χ0v) is 26.9.